The minimum absolute atomic E-state index is 0.279. The first-order valence-electron chi connectivity index (χ1n) is 11.8. The van der Waals surface area contributed by atoms with E-state index in [-0.39, 0.29) is 6.03 Å². The van der Waals surface area contributed by atoms with Crippen LogP contribution in [-0.4, -0.2) is 35.5 Å². The number of fused-ring (bicyclic) bond motifs is 1. The van der Waals surface area contributed by atoms with E-state index >= 15 is 0 Å². The molecule has 0 aliphatic rings. The highest BCUT2D eigenvalue weighted by molar-refractivity contribution is 7.18. The Morgan fingerprint density at radius 3 is 2.54 bits per heavy atom. The van der Waals surface area contributed by atoms with E-state index in [1.165, 1.54) is 0 Å². The summed E-state index contributed by atoms with van der Waals surface area (Å²) in [5, 5.41) is 8.84. The summed E-state index contributed by atoms with van der Waals surface area (Å²) in [6.45, 7) is 9.29. The standard InChI is InChI=1S/C28H31N5OS/c1-4-33(5-2)15-7-9-21-17-30-27(29)25-24(18-35-26(21)25)20-11-13-22(14-12-20)31-28(34)32-23-10-6-8-19(3)16-23/h6-14,16-18H,4-5,15H2,1-3H3,(H2,29,30)(H2,31,32,34)/b9-7+. The summed E-state index contributed by atoms with van der Waals surface area (Å²) >= 11 is 1.67. The monoisotopic (exact) mass is 485 g/mol. The van der Waals surface area contributed by atoms with E-state index < -0.39 is 0 Å². The van der Waals surface area contributed by atoms with Gasteiger partial charge in [-0.15, -0.1) is 11.3 Å². The lowest BCUT2D eigenvalue weighted by Gasteiger charge is -2.14. The van der Waals surface area contributed by atoms with E-state index in [1.54, 1.807) is 11.3 Å². The number of rotatable bonds is 8. The van der Waals surface area contributed by atoms with Gasteiger partial charge in [-0.05, 0) is 60.8 Å². The highest BCUT2D eigenvalue weighted by atomic mass is 32.1. The van der Waals surface area contributed by atoms with E-state index in [1.807, 2.05) is 61.7 Å². The highest BCUT2D eigenvalue weighted by Gasteiger charge is 2.13. The largest absolute Gasteiger partial charge is 0.383 e. The molecule has 0 spiro atoms. The van der Waals surface area contributed by atoms with Crippen LogP contribution < -0.4 is 16.4 Å². The zero-order chi connectivity index (χ0) is 24.8. The molecule has 0 atom stereocenters. The lowest BCUT2D eigenvalue weighted by atomic mass is 10.0. The predicted molar refractivity (Wildman–Crippen MR) is 150 cm³/mol. The van der Waals surface area contributed by atoms with Crippen LogP contribution in [0.5, 0.6) is 0 Å². The quantitative estimate of drug-likeness (QED) is 0.255. The molecule has 2 heterocycles. The number of hydrogen-bond acceptors (Lipinski definition) is 5. The number of thiophene rings is 1. The fourth-order valence-corrected chi connectivity index (χ4v) is 5.06. The molecule has 0 saturated heterocycles. The van der Waals surface area contributed by atoms with Gasteiger partial charge in [0.1, 0.15) is 5.82 Å². The summed E-state index contributed by atoms with van der Waals surface area (Å²) in [6.07, 6.45) is 6.16. The number of pyridine rings is 1. The smallest absolute Gasteiger partial charge is 0.323 e. The topological polar surface area (TPSA) is 83.3 Å². The summed E-state index contributed by atoms with van der Waals surface area (Å²) in [6, 6.07) is 15.2. The van der Waals surface area contributed by atoms with E-state index in [9.17, 15) is 4.79 Å². The van der Waals surface area contributed by atoms with Crippen molar-refractivity contribution in [3.63, 3.8) is 0 Å². The Balaban J connectivity index is 1.51. The number of nitrogens with zero attached hydrogens (tertiary/aromatic N) is 2. The molecule has 4 N–H and O–H groups in total. The van der Waals surface area contributed by atoms with Crippen molar-refractivity contribution in [2.45, 2.75) is 20.8 Å². The van der Waals surface area contributed by atoms with Crippen LogP contribution in [0.15, 0.2) is 66.2 Å². The molecule has 0 aliphatic carbocycles. The van der Waals surface area contributed by atoms with E-state index in [0.29, 0.717) is 11.5 Å². The maximum absolute atomic E-state index is 12.4. The number of carbonyl (C=O) groups is 1. The van der Waals surface area contributed by atoms with Crippen LogP contribution in [-0.2, 0) is 0 Å². The van der Waals surface area contributed by atoms with Crippen LogP contribution in [0.2, 0.25) is 0 Å². The second-order valence-electron chi connectivity index (χ2n) is 8.37. The SMILES string of the molecule is CCN(CC)C/C=C/c1cnc(N)c2c(-c3ccc(NC(=O)Nc4cccc(C)c4)cc3)csc12. The fraction of sp³-hybridized carbons (Fsp3) is 0.214. The van der Waals surface area contributed by atoms with E-state index in [4.69, 9.17) is 5.73 Å². The zero-order valence-corrected chi connectivity index (χ0v) is 21.2. The van der Waals surface area contributed by atoms with Crippen LogP contribution in [0.4, 0.5) is 22.0 Å². The molecule has 0 fully saturated rings. The van der Waals surface area contributed by atoms with Crippen molar-refractivity contribution in [2.75, 3.05) is 36.0 Å². The third kappa shape index (κ3) is 5.88. The number of nitrogen functional groups attached to an aromatic ring is 1. The van der Waals surface area contributed by atoms with Crippen molar-refractivity contribution in [3.05, 3.63) is 77.3 Å². The molecular weight excluding hydrogens is 454 g/mol. The van der Waals surface area contributed by atoms with Crippen molar-refractivity contribution in [2.24, 2.45) is 0 Å². The van der Waals surface area contributed by atoms with Gasteiger partial charge >= 0.3 is 6.03 Å². The molecule has 7 heteroatoms. The van der Waals surface area contributed by atoms with Crippen molar-refractivity contribution >= 4 is 50.7 Å². The van der Waals surface area contributed by atoms with Crippen LogP contribution in [0.1, 0.15) is 25.0 Å². The molecule has 35 heavy (non-hydrogen) atoms. The Kier molecular flexibility index (Phi) is 7.80. The Bertz CT molecular complexity index is 1340. The minimum Gasteiger partial charge on any atom is -0.383 e. The molecular formula is C28H31N5OS. The molecule has 4 aromatic rings. The van der Waals surface area contributed by atoms with E-state index in [2.05, 4.69) is 51.9 Å². The van der Waals surface area contributed by atoms with Crippen molar-refractivity contribution in [1.29, 1.82) is 0 Å². The predicted octanol–water partition coefficient (Wildman–Crippen LogP) is 6.85. The molecule has 180 valence electrons. The molecule has 6 nitrogen and oxygen atoms in total. The minimum atomic E-state index is -0.279. The van der Waals surface area contributed by atoms with Gasteiger partial charge in [-0.1, -0.05) is 50.3 Å². The van der Waals surface area contributed by atoms with Gasteiger partial charge in [0.25, 0.3) is 0 Å². The van der Waals surface area contributed by atoms with Gasteiger partial charge in [-0.3, -0.25) is 0 Å². The van der Waals surface area contributed by atoms with Crippen molar-refractivity contribution in [3.8, 4) is 11.1 Å². The fourth-order valence-electron chi connectivity index (χ4n) is 3.98. The Morgan fingerprint density at radius 2 is 1.83 bits per heavy atom. The Labute approximate surface area is 210 Å². The van der Waals surface area contributed by atoms with Crippen LogP contribution in [0.25, 0.3) is 27.3 Å². The van der Waals surface area contributed by atoms with Gasteiger partial charge in [0.05, 0.1) is 0 Å². The first-order valence-corrected chi connectivity index (χ1v) is 12.7. The van der Waals surface area contributed by atoms with Gasteiger partial charge in [0.2, 0.25) is 0 Å². The molecule has 0 saturated carbocycles. The summed E-state index contributed by atoms with van der Waals surface area (Å²) in [7, 11) is 0. The summed E-state index contributed by atoms with van der Waals surface area (Å²) in [4.78, 5) is 19.2. The number of nitrogens with two attached hydrogens (primary N) is 1. The Morgan fingerprint density at radius 1 is 1.09 bits per heavy atom. The number of aromatic nitrogens is 1. The normalized spacial score (nSPS) is 11.4. The van der Waals surface area contributed by atoms with Gasteiger partial charge in [-0.2, -0.15) is 0 Å². The number of anilines is 3. The van der Waals surface area contributed by atoms with Crippen molar-refractivity contribution < 1.29 is 4.79 Å². The Hall–Kier alpha value is -3.68. The molecule has 2 aromatic carbocycles. The number of carbonyl (C=O) groups excluding carboxylic acids is 1. The lowest BCUT2D eigenvalue weighted by Crippen LogP contribution is -2.22. The number of aryl methyl sites for hydroxylation is 1. The first-order chi connectivity index (χ1) is 17.0. The summed E-state index contributed by atoms with van der Waals surface area (Å²) in [5.41, 5.74) is 12.0. The second kappa shape index (κ2) is 11.2. The van der Waals surface area contributed by atoms with Gasteiger partial charge in [0, 0.05) is 45.3 Å². The van der Waals surface area contributed by atoms with Crippen LogP contribution in [0.3, 0.4) is 0 Å². The average molecular weight is 486 g/mol. The number of benzene rings is 2. The lowest BCUT2D eigenvalue weighted by molar-refractivity contribution is 0.262. The molecule has 0 bridgehead atoms. The van der Waals surface area contributed by atoms with E-state index in [0.717, 1.165) is 57.7 Å². The summed E-state index contributed by atoms with van der Waals surface area (Å²) < 4.78 is 1.13. The third-order valence-corrected chi connectivity index (χ3v) is 6.97. The second-order valence-corrected chi connectivity index (χ2v) is 9.25. The number of amides is 2. The summed E-state index contributed by atoms with van der Waals surface area (Å²) in [5.74, 6) is 0.525. The maximum Gasteiger partial charge on any atom is 0.323 e. The number of hydrogen-bond donors (Lipinski definition) is 3. The number of urea groups is 1. The van der Waals surface area contributed by atoms with Gasteiger partial charge in [-0.25, -0.2) is 9.78 Å². The molecule has 4 rings (SSSR count). The van der Waals surface area contributed by atoms with Crippen molar-refractivity contribution in [1.82, 2.24) is 9.88 Å². The maximum atomic E-state index is 12.4. The molecule has 0 radical (unpaired) electrons. The number of likely N-dealkylation sites (N-methyl/N-ethyl adjacent to an activating group) is 1. The van der Waals surface area contributed by atoms with Crippen LogP contribution in [0, 0.1) is 6.92 Å². The highest BCUT2D eigenvalue weighted by Crippen LogP contribution is 2.39. The van der Waals surface area contributed by atoms with Crippen LogP contribution >= 0.6 is 11.3 Å². The van der Waals surface area contributed by atoms with Gasteiger partial charge in [0.15, 0.2) is 0 Å². The molecule has 2 amide bonds. The molecule has 0 aliphatic heterocycles. The third-order valence-electron chi connectivity index (χ3n) is 5.94. The zero-order valence-electron chi connectivity index (χ0n) is 20.3. The molecule has 0 unspecified atom stereocenters. The first kappa shape index (κ1) is 24.4. The van der Waals surface area contributed by atoms with Gasteiger partial charge < -0.3 is 21.3 Å². The average Bonchev–Trinajstić information content (AvgIpc) is 3.30. The number of nitrogens with one attached hydrogen (secondary N) is 2. The molecule has 2 aromatic heterocycles.